The maximum absolute atomic E-state index is 12.7. The Labute approximate surface area is 175 Å². The summed E-state index contributed by atoms with van der Waals surface area (Å²) in [5, 5.41) is 4.73. The number of benzene rings is 1. The predicted molar refractivity (Wildman–Crippen MR) is 112 cm³/mol. The molecule has 1 aromatic carbocycles. The van der Waals surface area contributed by atoms with Gasteiger partial charge in [0.25, 0.3) is 5.91 Å². The van der Waals surface area contributed by atoms with Crippen molar-refractivity contribution in [3.63, 3.8) is 0 Å². The average Bonchev–Trinajstić information content (AvgIpc) is 3.43. The number of rotatable bonds is 4. The molecule has 1 fully saturated rings. The fraction of sp³-hybridized carbons (Fsp3) is 0.391. The van der Waals surface area contributed by atoms with Crippen molar-refractivity contribution in [3.05, 3.63) is 60.2 Å². The molecule has 2 aromatic heterocycles. The molecule has 30 heavy (non-hydrogen) atoms. The van der Waals surface area contributed by atoms with E-state index in [-0.39, 0.29) is 5.91 Å². The van der Waals surface area contributed by atoms with E-state index in [1.54, 1.807) is 12.1 Å². The van der Waals surface area contributed by atoms with Gasteiger partial charge in [-0.25, -0.2) is 0 Å². The molecule has 1 saturated heterocycles. The third kappa shape index (κ3) is 3.10. The van der Waals surface area contributed by atoms with E-state index in [0.717, 1.165) is 48.5 Å². The summed E-state index contributed by atoms with van der Waals surface area (Å²) in [6.45, 7) is 2.96. The number of carbonyl (C=O) groups excluding carboxylic acids is 1. The van der Waals surface area contributed by atoms with Gasteiger partial charge in [0, 0.05) is 43.6 Å². The van der Waals surface area contributed by atoms with Gasteiger partial charge in [0.05, 0.1) is 24.7 Å². The third-order valence-corrected chi connectivity index (χ3v) is 6.13. The van der Waals surface area contributed by atoms with Gasteiger partial charge in [-0.2, -0.15) is 5.10 Å². The largest absolute Gasteiger partial charge is 0.482 e. The molecule has 0 unspecified atom stereocenters. The van der Waals surface area contributed by atoms with Crippen LogP contribution in [0.5, 0.6) is 5.75 Å². The second-order valence-corrected chi connectivity index (χ2v) is 8.30. The SMILES string of the molecule is CN(C)CCn1ncc2c1-c1ccccc1OC21CCN(C(=O)c2ccco2)CC1. The van der Waals surface area contributed by atoms with Crippen LogP contribution in [0.15, 0.2) is 53.3 Å². The number of likely N-dealkylation sites (tertiary alicyclic amines) is 1. The first kappa shape index (κ1) is 18.9. The molecule has 2 aliphatic rings. The number of amides is 1. The number of hydrogen-bond acceptors (Lipinski definition) is 5. The number of furan rings is 1. The molecule has 7 heteroatoms. The average molecular weight is 406 g/mol. The van der Waals surface area contributed by atoms with Gasteiger partial charge in [0.2, 0.25) is 0 Å². The van der Waals surface area contributed by atoms with Crippen molar-refractivity contribution in [2.45, 2.75) is 25.0 Å². The molecule has 1 spiro atoms. The first-order valence-electron chi connectivity index (χ1n) is 10.4. The van der Waals surface area contributed by atoms with Crippen molar-refractivity contribution in [1.82, 2.24) is 19.6 Å². The fourth-order valence-corrected chi connectivity index (χ4v) is 4.48. The Morgan fingerprint density at radius 3 is 2.70 bits per heavy atom. The minimum Gasteiger partial charge on any atom is -0.482 e. The highest BCUT2D eigenvalue weighted by molar-refractivity contribution is 5.91. The molecule has 5 rings (SSSR count). The molecular formula is C23H26N4O3. The lowest BCUT2D eigenvalue weighted by Crippen LogP contribution is -2.49. The summed E-state index contributed by atoms with van der Waals surface area (Å²) in [5.74, 6) is 1.22. The summed E-state index contributed by atoms with van der Waals surface area (Å²) in [7, 11) is 4.14. The zero-order valence-electron chi connectivity index (χ0n) is 17.4. The number of fused-ring (bicyclic) bond motifs is 4. The summed E-state index contributed by atoms with van der Waals surface area (Å²) in [6.07, 6.45) is 4.94. The Kier molecular flexibility index (Phi) is 4.62. The van der Waals surface area contributed by atoms with Crippen molar-refractivity contribution >= 4 is 5.91 Å². The quantitative estimate of drug-likeness (QED) is 0.666. The van der Waals surface area contributed by atoms with Crippen LogP contribution in [0, 0.1) is 0 Å². The molecule has 4 heterocycles. The van der Waals surface area contributed by atoms with Crippen LogP contribution < -0.4 is 4.74 Å². The normalized spacial score (nSPS) is 17.0. The number of carbonyl (C=O) groups is 1. The highest BCUT2D eigenvalue weighted by Gasteiger charge is 2.46. The topological polar surface area (TPSA) is 63.7 Å². The lowest BCUT2D eigenvalue weighted by atomic mass is 9.81. The second kappa shape index (κ2) is 7.32. The van der Waals surface area contributed by atoms with Gasteiger partial charge in [-0.3, -0.25) is 9.48 Å². The van der Waals surface area contributed by atoms with Crippen LogP contribution in [0.2, 0.25) is 0 Å². The van der Waals surface area contributed by atoms with Crippen LogP contribution in [0.3, 0.4) is 0 Å². The highest BCUT2D eigenvalue weighted by Crippen LogP contribution is 2.49. The van der Waals surface area contributed by atoms with Crippen LogP contribution in [-0.4, -0.2) is 59.2 Å². The van der Waals surface area contributed by atoms with Crippen molar-refractivity contribution in [3.8, 4) is 17.0 Å². The molecule has 0 bridgehead atoms. The molecule has 0 atom stereocenters. The van der Waals surface area contributed by atoms with Gasteiger partial charge in [0.1, 0.15) is 11.4 Å². The fourth-order valence-electron chi connectivity index (χ4n) is 4.48. The van der Waals surface area contributed by atoms with Crippen LogP contribution in [0.25, 0.3) is 11.3 Å². The van der Waals surface area contributed by atoms with Gasteiger partial charge in [-0.05, 0) is 38.4 Å². The highest BCUT2D eigenvalue weighted by atomic mass is 16.5. The number of nitrogens with zero attached hydrogens (tertiary/aromatic N) is 4. The Bertz CT molecular complexity index is 1050. The number of hydrogen-bond donors (Lipinski definition) is 0. The number of likely N-dealkylation sites (N-methyl/N-ethyl adjacent to an activating group) is 1. The minimum atomic E-state index is -0.458. The van der Waals surface area contributed by atoms with Crippen LogP contribution in [0.1, 0.15) is 29.0 Å². The van der Waals surface area contributed by atoms with E-state index < -0.39 is 5.60 Å². The predicted octanol–water partition coefficient (Wildman–Crippen LogP) is 3.23. The lowest BCUT2D eigenvalue weighted by Gasteiger charge is -2.44. The number of aromatic nitrogens is 2. The van der Waals surface area contributed by atoms with Crippen molar-refractivity contribution < 1.29 is 13.9 Å². The van der Waals surface area contributed by atoms with E-state index in [2.05, 4.69) is 29.7 Å². The van der Waals surface area contributed by atoms with E-state index in [1.807, 2.05) is 29.3 Å². The smallest absolute Gasteiger partial charge is 0.289 e. The first-order chi connectivity index (χ1) is 14.6. The van der Waals surface area contributed by atoms with Gasteiger partial charge < -0.3 is 19.0 Å². The zero-order chi connectivity index (χ0) is 20.7. The number of para-hydroxylation sites is 1. The van der Waals surface area contributed by atoms with Crippen LogP contribution in [0.4, 0.5) is 0 Å². The standard InChI is InChI=1S/C23H26N4O3/c1-25(2)13-14-27-21-17-6-3-4-7-19(17)30-23(18(21)16-24-27)9-11-26(12-10-23)22(28)20-8-5-15-29-20/h3-8,15-16H,9-14H2,1-2H3. The molecule has 3 aromatic rings. The summed E-state index contributed by atoms with van der Waals surface area (Å²) in [5.41, 5.74) is 2.90. The summed E-state index contributed by atoms with van der Waals surface area (Å²) in [6, 6.07) is 11.6. The zero-order valence-corrected chi connectivity index (χ0v) is 17.4. The maximum atomic E-state index is 12.7. The molecule has 0 aliphatic carbocycles. The molecule has 0 radical (unpaired) electrons. The van der Waals surface area contributed by atoms with E-state index in [0.29, 0.717) is 18.8 Å². The van der Waals surface area contributed by atoms with Crippen molar-refractivity contribution in [2.24, 2.45) is 0 Å². The van der Waals surface area contributed by atoms with E-state index in [9.17, 15) is 4.79 Å². The van der Waals surface area contributed by atoms with E-state index in [1.165, 1.54) is 6.26 Å². The number of piperidine rings is 1. The van der Waals surface area contributed by atoms with Gasteiger partial charge >= 0.3 is 0 Å². The monoisotopic (exact) mass is 406 g/mol. The summed E-state index contributed by atoms with van der Waals surface area (Å²) >= 11 is 0. The number of ether oxygens (including phenoxy) is 1. The van der Waals surface area contributed by atoms with Crippen LogP contribution >= 0.6 is 0 Å². The summed E-state index contributed by atoms with van der Waals surface area (Å²) < 4.78 is 14.0. The van der Waals surface area contributed by atoms with Crippen molar-refractivity contribution in [2.75, 3.05) is 33.7 Å². The van der Waals surface area contributed by atoms with Crippen molar-refractivity contribution in [1.29, 1.82) is 0 Å². The Morgan fingerprint density at radius 1 is 1.17 bits per heavy atom. The molecule has 0 saturated carbocycles. The molecule has 7 nitrogen and oxygen atoms in total. The van der Waals surface area contributed by atoms with E-state index in [4.69, 9.17) is 14.3 Å². The third-order valence-electron chi connectivity index (χ3n) is 6.13. The molecule has 1 amide bonds. The Hall–Kier alpha value is -3.06. The van der Waals surface area contributed by atoms with Gasteiger partial charge in [-0.1, -0.05) is 12.1 Å². The first-order valence-corrected chi connectivity index (χ1v) is 10.4. The maximum Gasteiger partial charge on any atom is 0.289 e. The minimum absolute atomic E-state index is 0.0621. The van der Waals surface area contributed by atoms with Gasteiger partial charge in [-0.15, -0.1) is 0 Å². The molecule has 2 aliphatic heterocycles. The van der Waals surface area contributed by atoms with Gasteiger partial charge in [0.15, 0.2) is 5.76 Å². The summed E-state index contributed by atoms with van der Waals surface area (Å²) in [4.78, 5) is 16.7. The van der Waals surface area contributed by atoms with Crippen LogP contribution in [-0.2, 0) is 12.1 Å². The molecule has 0 N–H and O–H groups in total. The second-order valence-electron chi connectivity index (χ2n) is 8.30. The lowest BCUT2D eigenvalue weighted by molar-refractivity contribution is -0.00263. The Morgan fingerprint density at radius 2 is 1.97 bits per heavy atom. The Balaban J connectivity index is 1.46. The molecular weight excluding hydrogens is 380 g/mol. The van der Waals surface area contributed by atoms with E-state index >= 15 is 0 Å². The molecule has 156 valence electrons.